The number of nitrogens with one attached hydrogen (secondary N) is 1. The topological polar surface area (TPSA) is 86.5 Å². The Morgan fingerprint density at radius 1 is 1.48 bits per heavy atom. The molecule has 0 radical (unpaired) electrons. The number of amides is 1. The average Bonchev–Trinajstić information content (AvgIpc) is 3.24. The Bertz CT molecular complexity index is 738. The van der Waals surface area contributed by atoms with Crippen molar-refractivity contribution in [3.05, 3.63) is 29.1 Å². The first-order valence-electron chi connectivity index (χ1n) is 7.87. The van der Waals surface area contributed by atoms with Gasteiger partial charge in [0, 0.05) is 17.5 Å². The van der Waals surface area contributed by atoms with Gasteiger partial charge < -0.3 is 15.2 Å². The number of aromatic nitrogens is 1. The molecule has 2 aromatic rings. The summed E-state index contributed by atoms with van der Waals surface area (Å²) in [5.41, 5.74) is 8.39. The van der Waals surface area contributed by atoms with Gasteiger partial charge in [-0.3, -0.25) is 10.1 Å². The van der Waals surface area contributed by atoms with Crippen LogP contribution in [0.1, 0.15) is 18.4 Å². The van der Waals surface area contributed by atoms with Crippen LogP contribution in [0.5, 0.6) is 5.75 Å². The second-order valence-electron chi connectivity index (χ2n) is 5.79. The zero-order valence-corrected chi connectivity index (χ0v) is 15.8. The fourth-order valence-electron chi connectivity index (χ4n) is 2.73. The molecule has 0 bridgehead atoms. The molecule has 1 aromatic heterocycles. The van der Waals surface area contributed by atoms with Gasteiger partial charge in [-0.1, -0.05) is 11.6 Å². The first kappa shape index (κ1) is 19.7. The standard InChI is InChI=1S/C17H21N3O3S.ClH/c1-10-3-5-14(22-2)12(7-10)13-9-24-17(19-13)20-16(21)15-6-4-11(8-18)23-15;/h3,5,7,9,11,15H,4,6,8,18H2,1-2H3,(H,19,20,21);1H/t11-,15+;/m1./s1. The lowest BCUT2D eigenvalue weighted by Crippen LogP contribution is -2.29. The number of hydrogen-bond donors (Lipinski definition) is 2. The van der Waals surface area contributed by atoms with Gasteiger partial charge in [0.05, 0.1) is 18.9 Å². The Balaban J connectivity index is 0.00000225. The number of methoxy groups -OCH3 is 1. The predicted octanol–water partition coefficient (Wildman–Crippen LogP) is 2.99. The number of anilines is 1. The molecule has 136 valence electrons. The van der Waals surface area contributed by atoms with E-state index < -0.39 is 6.10 Å². The van der Waals surface area contributed by atoms with Crippen LogP contribution in [0.3, 0.4) is 0 Å². The van der Waals surface area contributed by atoms with E-state index in [1.807, 2.05) is 30.5 Å². The molecule has 1 aliphatic heterocycles. The highest BCUT2D eigenvalue weighted by Crippen LogP contribution is 2.33. The molecule has 0 spiro atoms. The van der Waals surface area contributed by atoms with Crippen LogP contribution in [0.15, 0.2) is 23.6 Å². The van der Waals surface area contributed by atoms with Crippen LogP contribution in [0.4, 0.5) is 5.13 Å². The van der Waals surface area contributed by atoms with Crippen LogP contribution < -0.4 is 15.8 Å². The van der Waals surface area contributed by atoms with E-state index in [1.165, 1.54) is 11.3 Å². The van der Waals surface area contributed by atoms with Crippen molar-refractivity contribution < 1.29 is 14.3 Å². The van der Waals surface area contributed by atoms with Crippen molar-refractivity contribution in [1.29, 1.82) is 0 Å². The van der Waals surface area contributed by atoms with Crippen molar-refractivity contribution in [2.75, 3.05) is 19.0 Å². The number of nitrogens with zero attached hydrogens (tertiary/aromatic N) is 1. The van der Waals surface area contributed by atoms with Crippen LogP contribution in [0, 0.1) is 6.92 Å². The number of rotatable bonds is 5. The number of halogens is 1. The van der Waals surface area contributed by atoms with Gasteiger partial charge >= 0.3 is 0 Å². The van der Waals surface area contributed by atoms with Gasteiger partial charge in [0.2, 0.25) is 0 Å². The summed E-state index contributed by atoms with van der Waals surface area (Å²) in [6, 6.07) is 5.93. The summed E-state index contributed by atoms with van der Waals surface area (Å²) < 4.78 is 11.0. The molecular formula is C17H22ClN3O3S. The second-order valence-corrected chi connectivity index (χ2v) is 6.65. The van der Waals surface area contributed by atoms with Gasteiger partial charge in [-0.15, -0.1) is 23.7 Å². The Labute approximate surface area is 157 Å². The van der Waals surface area contributed by atoms with Crippen LogP contribution >= 0.6 is 23.7 Å². The molecule has 0 aliphatic carbocycles. The molecule has 0 saturated carbocycles. The van der Waals surface area contributed by atoms with Gasteiger partial charge in [-0.2, -0.15) is 0 Å². The summed E-state index contributed by atoms with van der Waals surface area (Å²) in [6.07, 6.45) is 1.04. The minimum Gasteiger partial charge on any atom is -0.496 e. The van der Waals surface area contributed by atoms with Gasteiger partial charge in [0.15, 0.2) is 5.13 Å². The first-order valence-corrected chi connectivity index (χ1v) is 8.75. The van der Waals surface area contributed by atoms with Crippen molar-refractivity contribution in [3.8, 4) is 17.0 Å². The third-order valence-corrected chi connectivity index (χ3v) is 4.79. The van der Waals surface area contributed by atoms with Gasteiger partial charge in [0.1, 0.15) is 11.9 Å². The monoisotopic (exact) mass is 383 g/mol. The van der Waals surface area contributed by atoms with Crippen LogP contribution in [-0.2, 0) is 9.53 Å². The summed E-state index contributed by atoms with van der Waals surface area (Å²) >= 11 is 1.38. The molecule has 6 nitrogen and oxygen atoms in total. The second kappa shape index (κ2) is 8.62. The molecule has 1 saturated heterocycles. The summed E-state index contributed by atoms with van der Waals surface area (Å²) in [4.78, 5) is 16.8. The molecular weight excluding hydrogens is 362 g/mol. The lowest BCUT2D eigenvalue weighted by molar-refractivity contribution is -0.126. The van der Waals surface area contributed by atoms with Crippen molar-refractivity contribution in [2.45, 2.75) is 32.0 Å². The molecule has 2 atom stereocenters. The quantitative estimate of drug-likeness (QED) is 0.828. The Morgan fingerprint density at radius 2 is 2.28 bits per heavy atom. The van der Waals surface area contributed by atoms with Crippen molar-refractivity contribution >= 4 is 34.8 Å². The van der Waals surface area contributed by atoms with E-state index in [9.17, 15) is 4.79 Å². The molecule has 8 heteroatoms. The fraction of sp³-hybridized carbons (Fsp3) is 0.412. The van der Waals surface area contributed by atoms with Gasteiger partial charge in [-0.25, -0.2) is 4.98 Å². The molecule has 1 fully saturated rings. The molecule has 2 heterocycles. The molecule has 3 rings (SSSR count). The fourth-order valence-corrected chi connectivity index (χ4v) is 3.45. The number of carbonyl (C=O) groups excluding carboxylic acids is 1. The average molecular weight is 384 g/mol. The summed E-state index contributed by atoms with van der Waals surface area (Å²) in [6.45, 7) is 2.46. The molecule has 25 heavy (non-hydrogen) atoms. The largest absolute Gasteiger partial charge is 0.496 e. The van der Waals surface area contributed by atoms with E-state index in [-0.39, 0.29) is 24.4 Å². The van der Waals surface area contributed by atoms with Gasteiger partial charge in [-0.05, 0) is 31.9 Å². The lowest BCUT2D eigenvalue weighted by atomic mass is 10.1. The van der Waals surface area contributed by atoms with E-state index in [0.717, 1.165) is 29.0 Å². The minimum atomic E-state index is -0.445. The maximum atomic E-state index is 12.3. The first-order chi connectivity index (χ1) is 11.6. The number of thiazole rings is 1. The molecule has 3 N–H and O–H groups in total. The zero-order valence-electron chi connectivity index (χ0n) is 14.2. The lowest BCUT2D eigenvalue weighted by Gasteiger charge is -2.11. The van der Waals surface area contributed by atoms with E-state index in [0.29, 0.717) is 18.1 Å². The van der Waals surface area contributed by atoms with E-state index in [1.54, 1.807) is 7.11 Å². The van der Waals surface area contributed by atoms with Crippen LogP contribution in [0.25, 0.3) is 11.3 Å². The molecule has 1 aromatic carbocycles. The highest BCUT2D eigenvalue weighted by Gasteiger charge is 2.30. The van der Waals surface area contributed by atoms with Crippen molar-refractivity contribution in [1.82, 2.24) is 4.98 Å². The molecule has 1 amide bonds. The number of nitrogens with two attached hydrogens (primary N) is 1. The molecule has 1 aliphatic rings. The SMILES string of the molecule is COc1ccc(C)cc1-c1csc(NC(=O)[C@@H]2CC[C@H](CN)O2)n1.Cl. The Kier molecular flexibility index (Phi) is 6.78. The third-order valence-electron chi connectivity index (χ3n) is 4.03. The predicted molar refractivity (Wildman–Crippen MR) is 102 cm³/mol. The number of benzene rings is 1. The number of carbonyl (C=O) groups is 1. The number of ether oxygens (including phenoxy) is 2. The van der Waals surface area contributed by atoms with E-state index in [2.05, 4.69) is 10.3 Å². The summed E-state index contributed by atoms with van der Waals surface area (Å²) in [7, 11) is 1.63. The van der Waals surface area contributed by atoms with E-state index in [4.69, 9.17) is 15.2 Å². The highest BCUT2D eigenvalue weighted by molar-refractivity contribution is 7.14. The number of aryl methyl sites for hydroxylation is 1. The normalized spacial score (nSPS) is 19.3. The van der Waals surface area contributed by atoms with Crippen LogP contribution in [0.2, 0.25) is 0 Å². The Hall–Kier alpha value is -1.67. The van der Waals surface area contributed by atoms with E-state index >= 15 is 0 Å². The summed E-state index contributed by atoms with van der Waals surface area (Å²) in [5, 5.41) is 5.29. The third kappa shape index (κ3) is 4.49. The minimum absolute atomic E-state index is 0. The van der Waals surface area contributed by atoms with Gasteiger partial charge in [0.25, 0.3) is 5.91 Å². The van der Waals surface area contributed by atoms with Crippen molar-refractivity contribution in [2.24, 2.45) is 5.73 Å². The summed E-state index contributed by atoms with van der Waals surface area (Å²) in [5.74, 6) is 0.594. The highest BCUT2D eigenvalue weighted by atomic mass is 35.5. The zero-order chi connectivity index (χ0) is 17.1. The maximum absolute atomic E-state index is 12.3. The van der Waals surface area contributed by atoms with Crippen LogP contribution in [-0.4, -0.2) is 36.8 Å². The maximum Gasteiger partial charge on any atom is 0.255 e. The van der Waals surface area contributed by atoms with Crippen molar-refractivity contribution in [3.63, 3.8) is 0 Å². The number of hydrogen-bond acceptors (Lipinski definition) is 6. The Morgan fingerprint density at radius 3 is 2.96 bits per heavy atom. The molecule has 0 unspecified atom stereocenters. The smallest absolute Gasteiger partial charge is 0.255 e.